The average Bonchev–Trinajstić information content (AvgIpc) is 3.11. The Kier molecular flexibility index (Phi) is 4.78. The van der Waals surface area contributed by atoms with Gasteiger partial charge in [0.05, 0.1) is 22.3 Å². The van der Waals surface area contributed by atoms with E-state index in [9.17, 15) is 8.42 Å². The van der Waals surface area contributed by atoms with E-state index in [0.29, 0.717) is 0 Å². The van der Waals surface area contributed by atoms with Gasteiger partial charge in [-0.1, -0.05) is 47.2 Å². The number of hydrogen-bond acceptors (Lipinski definition) is 4. The Morgan fingerprint density at radius 2 is 2.00 bits per heavy atom. The molecule has 0 spiro atoms. The molecule has 0 bridgehead atoms. The van der Waals surface area contributed by atoms with Crippen LogP contribution in [0, 0.1) is 5.41 Å². The van der Waals surface area contributed by atoms with Gasteiger partial charge in [0.15, 0.2) is 9.84 Å². The minimum Gasteiger partial charge on any atom is -0.393 e. The molecule has 0 heterocycles. The highest BCUT2D eigenvalue weighted by molar-refractivity contribution is 9.10. The van der Waals surface area contributed by atoms with Crippen molar-refractivity contribution in [1.29, 1.82) is 0 Å². The van der Waals surface area contributed by atoms with Gasteiger partial charge in [-0.25, -0.2) is 8.42 Å². The fourth-order valence-corrected chi connectivity index (χ4v) is 5.76. The summed E-state index contributed by atoms with van der Waals surface area (Å²) in [6.45, 7) is 1.86. The summed E-state index contributed by atoms with van der Waals surface area (Å²) in [7, 11) is -1.73. The highest BCUT2D eigenvalue weighted by Crippen LogP contribution is 2.63. The molecule has 1 aliphatic carbocycles. The molecule has 0 radical (unpaired) electrons. The average molecular weight is 392 g/mol. The van der Waals surface area contributed by atoms with Crippen LogP contribution in [0.2, 0.25) is 0 Å². The molecule has 2 rings (SSSR count). The van der Waals surface area contributed by atoms with Crippen LogP contribution in [0.15, 0.2) is 28.7 Å². The smallest absolute Gasteiger partial charge is 0.154 e. The summed E-state index contributed by atoms with van der Waals surface area (Å²) in [5.41, 5.74) is 6.02. The van der Waals surface area contributed by atoms with E-state index in [-0.39, 0.29) is 23.3 Å². The van der Waals surface area contributed by atoms with Crippen LogP contribution in [0.1, 0.15) is 18.4 Å². The monoisotopic (exact) mass is 391 g/mol. The Labute approximate surface area is 139 Å². The second-order valence-corrected chi connectivity index (χ2v) is 9.01. The van der Waals surface area contributed by atoms with Gasteiger partial charge < -0.3 is 10.5 Å². The second kappa shape index (κ2) is 5.95. The SMILES string of the molecule is CCS(=O)(=O)C1C(c2ccc(Br)cc2)C1(COC)C(N)=S. The molecule has 7 heteroatoms. The van der Waals surface area contributed by atoms with Gasteiger partial charge in [-0.15, -0.1) is 0 Å². The number of halogens is 1. The lowest BCUT2D eigenvalue weighted by molar-refractivity contribution is 0.166. The standard InChI is InChI=1S/C14H18BrNO3S2/c1-3-21(17,18)12-11(9-4-6-10(15)7-5-9)14(12,8-19-2)13(16)20/h4-7,11-12H,3,8H2,1-2H3,(H2,16,20). The Hall–Kier alpha value is -0.500. The minimum absolute atomic E-state index is 0.0682. The van der Waals surface area contributed by atoms with Crippen LogP contribution in [0.25, 0.3) is 0 Å². The van der Waals surface area contributed by atoms with Crippen molar-refractivity contribution in [2.75, 3.05) is 19.5 Å². The largest absolute Gasteiger partial charge is 0.393 e. The van der Waals surface area contributed by atoms with Crippen LogP contribution in [0.5, 0.6) is 0 Å². The van der Waals surface area contributed by atoms with Gasteiger partial charge in [0.2, 0.25) is 0 Å². The van der Waals surface area contributed by atoms with Crippen LogP contribution in [0.4, 0.5) is 0 Å². The number of nitrogens with two attached hydrogens (primary N) is 1. The highest BCUT2D eigenvalue weighted by atomic mass is 79.9. The van der Waals surface area contributed by atoms with E-state index in [1.54, 1.807) is 6.92 Å². The summed E-state index contributed by atoms with van der Waals surface area (Å²) in [6, 6.07) is 7.59. The van der Waals surface area contributed by atoms with Gasteiger partial charge in [-0.3, -0.25) is 0 Å². The molecular formula is C14H18BrNO3S2. The molecule has 1 aromatic carbocycles. The summed E-state index contributed by atoms with van der Waals surface area (Å²) in [4.78, 5) is 0.208. The zero-order valence-corrected chi connectivity index (χ0v) is 15.1. The number of thiocarbonyl (C=S) groups is 1. The maximum atomic E-state index is 12.4. The van der Waals surface area contributed by atoms with Crippen molar-refractivity contribution in [3.05, 3.63) is 34.3 Å². The van der Waals surface area contributed by atoms with Crippen molar-refractivity contribution in [3.8, 4) is 0 Å². The van der Waals surface area contributed by atoms with Crippen molar-refractivity contribution in [1.82, 2.24) is 0 Å². The quantitative estimate of drug-likeness (QED) is 0.753. The predicted octanol–water partition coefficient (Wildman–Crippen LogP) is 2.27. The Balaban J connectivity index is 2.51. The first-order chi connectivity index (χ1) is 9.81. The third-order valence-electron chi connectivity index (χ3n) is 4.12. The zero-order valence-electron chi connectivity index (χ0n) is 11.9. The van der Waals surface area contributed by atoms with E-state index in [1.165, 1.54) is 7.11 Å². The lowest BCUT2D eigenvalue weighted by Gasteiger charge is -2.15. The molecule has 0 amide bonds. The maximum absolute atomic E-state index is 12.4. The summed E-state index contributed by atoms with van der Waals surface area (Å²) in [5, 5.41) is -0.603. The predicted molar refractivity (Wildman–Crippen MR) is 91.2 cm³/mol. The van der Waals surface area contributed by atoms with Crippen LogP contribution in [0.3, 0.4) is 0 Å². The van der Waals surface area contributed by atoms with Crippen molar-refractivity contribution < 1.29 is 13.2 Å². The number of sulfone groups is 1. The third kappa shape index (κ3) is 2.76. The molecule has 3 atom stereocenters. The van der Waals surface area contributed by atoms with Gasteiger partial charge >= 0.3 is 0 Å². The van der Waals surface area contributed by atoms with Crippen LogP contribution < -0.4 is 5.73 Å². The van der Waals surface area contributed by atoms with Crippen molar-refractivity contribution in [2.45, 2.75) is 18.1 Å². The van der Waals surface area contributed by atoms with E-state index < -0.39 is 20.5 Å². The normalized spacial score (nSPS) is 28.3. The van der Waals surface area contributed by atoms with E-state index >= 15 is 0 Å². The van der Waals surface area contributed by atoms with Crippen molar-refractivity contribution >= 4 is 43.0 Å². The van der Waals surface area contributed by atoms with Crippen molar-refractivity contribution in [3.63, 3.8) is 0 Å². The van der Waals surface area contributed by atoms with Crippen LogP contribution >= 0.6 is 28.1 Å². The fraction of sp³-hybridized carbons (Fsp3) is 0.500. The van der Waals surface area contributed by atoms with Crippen LogP contribution in [-0.2, 0) is 14.6 Å². The van der Waals surface area contributed by atoms with E-state index in [4.69, 9.17) is 22.7 Å². The maximum Gasteiger partial charge on any atom is 0.154 e. The van der Waals surface area contributed by atoms with Gasteiger partial charge in [0.25, 0.3) is 0 Å². The zero-order chi connectivity index (χ0) is 15.8. The molecule has 1 aliphatic rings. The number of hydrogen-bond donors (Lipinski definition) is 1. The van der Waals surface area contributed by atoms with E-state index in [2.05, 4.69) is 15.9 Å². The van der Waals surface area contributed by atoms with Crippen LogP contribution in [-0.4, -0.2) is 38.1 Å². The first-order valence-corrected chi connectivity index (χ1v) is 9.48. The molecule has 1 fully saturated rings. The lowest BCUT2D eigenvalue weighted by Crippen LogP contribution is -2.33. The first-order valence-electron chi connectivity index (χ1n) is 6.57. The Morgan fingerprint density at radius 3 is 2.43 bits per heavy atom. The number of methoxy groups -OCH3 is 1. The summed E-state index contributed by atoms with van der Waals surface area (Å²) in [5.74, 6) is -0.174. The molecule has 1 saturated carbocycles. The summed E-state index contributed by atoms with van der Waals surface area (Å²) in [6.07, 6.45) is 0. The minimum atomic E-state index is -3.27. The molecule has 4 nitrogen and oxygen atoms in total. The molecule has 0 saturated heterocycles. The Morgan fingerprint density at radius 1 is 1.43 bits per heavy atom. The van der Waals surface area contributed by atoms with E-state index in [0.717, 1.165) is 10.0 Å². The van der Waals surface area contributed by atoms with Crippen molar-refractivity contribution in [2.24, 2.45) is 11.1 Å². The molecule has 2 N–H and O–H groups in total. The molecule has 0 aromatic heterocycles. The molecule has 21 heavy (non-hydrogen) atoms. The van der Waals surface area contributed by atoms with E-state index in [1.807, 2.05) is 24.3 Å². The van der Waals surface area contributed by atoms with Gasteiger partial charge in [0.1, 0.15) is 0 Å². The van der Waals surface area contributed by atoms with Gasteiger partial charge in [-0.05, 0) is 17.7 Å². The third-order valence-corrected chi connectivity index (χ3v) is 7.30. The molecule has 1 aromatic rings. The van der Waals surface area contributed by atoms with Gasteiger partial charge in [0, 0.05) is 23.3 Å². The second-order valence-electron chi connectivity index (χ2n) is 5.24. The first kappa shape index (κ1) is 16.9. The summed E-state index contributed by atoms with van der Waals surface area (Å²) < 4.78 is 31.0. The summed E-state index contributed by atoms with van der Waals surface area (Å²) >= 11 is 8.56. The topological polar surface area (TPSA) is 69.4 Å². The highest BCUT2D eigenvalue weighted by Gasteiger charge is 2.72. The van der Waals surface area contributed by atoms with Gasteiger partial charge in [-0.2, -0.15) is 0 Å². The number of benzene rings is 1. The number of rotatable bonds is 6. The lowest BCUT2D eigenvalue weighted by atomic mass is 10.00. The molecule has 3 unspecified atom stereocenters. The molecule has 116 valence electrons. The fourth-order valence-electron chi connectivity index (χ4n) is 3.03. The Bertz CT molecular complexity index is 645. The molecular weight excluding hydrogens is 374 g/mol. The molecule has 0 aliphatic heterocycles. The number of ether oxygens (including phenoxy) is 1.